The molecule has 5 nitrogen and oxygen atoms in total. The van der Waals surface area contributed by atoms with Gasteiger partial charge in [0.15, 0.2) is 0 Å². The number of rotatable bonds is 8. The number of ether oxygens (including phenoxy) is 1. The third-order valence-electron chi connectivity index (χ3n) is 6.60. The van der Waals surface area contributed by atoms with Gasteiger partial charge in [0, 0.05) is 48.9 Å². The average Bonchev–Trinajstić information content (AvgIpc) is 3.16. The minimum absolute atomic E-state index is 0.00648. The standard InChI is InChI=1S/C26H34F2N4O/c1-4-18-16-29-25(30-17-18)32-11-8-19(9-12-32)6-5-13-33-20-14-21(27)24(22(28)15-20)23-7-10-26(2,3)31-23/h7,14-17,19,31H,4-6,8-13H2,1-3H3. The summed E-state index contributed by atoms with van der Waals surface area (Å²) >= 11 is 0. The molecule has 0 unspecified atom stereocenters. The van der Waals surface area contributed by atoms with E-state index in [1.54, 1.807) is 0 Å². The fraction of sp³-hybridized carbons (Fsp3) is 0.538. The third kappa shape index (κ3) is 5.81. The number of aryl methyl sites for hydroxylation is 1. The molecule has 1 aromatic heterocycles. The van der Waals surface area contributed by atoms with Crippen LogP contribution in [0.3, 0.4) is 0 Å². The second-order valence-electron chi connectivity index (χ2n) is 9.76. The number of piperidine rings is 1. The van der Waals surface area contributed by atoms with Crippen molar-refractivity contribution < 1.29 is 13.5 Å². The van der Waals surface area contributed by atoms with Crippen LogP contribution in [0, 0.1) is 17.6 Å². The van der Waals surface area contributed by atoms with E-state index < -0.39 is 11.6 Å². The second kappa shape index (κ2) is 10.1. The summed E-state index contributed by atoms with van der Waals surface area (Å²) in [5, 5.41) is 3.18. The van der Waals surface area contributed by atoms with Gasteiger partial charge in [-0.15, -0.1) is 0 Å². The molecule has 33 heavy (non-hydrogen) atoms. The van der Waals surface area contributed by atoms with E-state index in [0.717, 1.165) is 63.1 Å². The number of halogens is 2. The van der Waals surface area contributed by atoms with Crippen molar-refractivity contribution in [2.45, 2.75) is 64.8 Å². The Morgan fingerprint density at radius 1 is 1.12 bits per heavy atom. The molecule has 0 amide bonds. The topological polar surface area (TPSA) is 50.3 Å². The van der Waals surface area contributed by atoms with Gasteiger partial charge in [-0.25, -0.2) is 18.7 Å². The van der Waals surface area contributed by atoms with Gasteiger partial charge < -0.3 is 15.0 Å². The molecule has 2 aliphatic rings. The summed E-state index contributed by atoms with van der Waals surface area (Å²) in [5.74, 6) is 0.494. The lowest BCUT2D eigenvalue weighted by atomic mass is 9.92. The zero-order valence-electron chi connectivity index (χ0n) is 19.8. The number of hydrogen-bond acceptors (Lipinski definition) is 5. The minimum Gasteiger partial charge on any atom is -0.493 e. The van der Waals surface area contributed by atoms with Crippen LogP contribution in [-0.2, 0) is 6.42 Å². The molecule has 0 saturated carbocycles. The molecule has 1 N–H and O–H groups in total. The predicted octanol–water partition coefficient (Wildman–Crippen LogP) is 5.51. The van der Waals surface area contributed by atoms with E-state index in [4.69, 9.17) is 4.74 Å². The highest BCUT2D eigenvalue weighted by Crippen LogP contribution is 2.32. The average molecular weight is 457 g/mol. The van der Waals surface area contributed by atoms with Gasteiger partial charge in [-0.3, -0.25) is 0 Å². The number of benzene rings is 1. The quantitative estimate of drug-likeness (QED) is 0.531. The Bertz CT molecular complexity index is 959. The van der Waals surface area contributed by atoms with Gasteiger partial charge in [0.05, 0.1) is 12.2 Å². The van der Waals surface area contributed by atoms with Crippen LogP contribution in [0.5, 0.6) is 5.75 Å². The Hall–Kier alpha value is -2.70. The highest BCUT2D eigenvalue weighted by molar-refractivity contribution is 5.68. The molecule has 2 aromatic rings. The Morgan fingerprint density at radius 3 is 2.36 bits per heavy atom. The molecule has 3 heterocycles. The van der Waals surface area contributed by atoms with E-state index >= 15 is 0 Å². The van der Waals surface area contributed by atoms with E-state index in [1.165, 1.54) is 12.1 Å². The molecule has 0 spiro atoms. The van der Waals surface area contributed by atoms with Gasteiger partial charge in [-0.2, -0.15) is 0 Å². The number of anilines is 1. The van der Waals surface area contributed by atoms with Crippen molar-refractivity contribution >= 4 is 11.6 Å². The van der Waals surface area contributed by atoms with Crippen LogP contribution in [0.25, 0.3) is 5.70 Å². The lowest BCUT2D eigenvalue weighted by molar-refractivity contribution is 0.277. The van der Waals surface area contributed by atoms with E-state index in [-0.39, 0.29) is 16.9 Å². The summed E-state index contributed by atoms with van der Waals surface area (Å²) in [5.41, 5.74) is 1.47. The molecular weight excluding hydrogens is 422 g/mol. The molecule has 0 atom stereocenters. The summed E-state index contributed by atoms with van der Waals surface area (Å²) in [7, 11) is 0. The van der Waals surface area contributed by atoms with Gasteiger partial charge >= 0.3 is 0 Å². The summed E-state index contributed by atoms with van der Waals surface area (Å²) in [6, 6.07) is 2.57. The maximum absolute atomic E-state index is 14.6. The monoisotopic (exact) mass is 456 g/mol. The fourth-order valence-corrected chi connectivity index (χ4v) is 4.56. The summed E-state index contributed by atoms with van der Waals surface area (Å²) in [6.07, 6.45) is 11.4. The molecule has 7 heteroatoms. The van der Waals surface area contributed by atoms with Crippen LogP contribution in [0.4, 0.5) is 14.7 Å². The molecule has 0 aliphatic carbocycles. The predicted molar refractivity (Wildman–Crippen MR) is 127 cm³/mol. The number of hydrogen-bond donors (Lipinski definition) is 1. The molecule has 1 saturated heterocycles. The number of nitrogens with zero attached hydrogens (tertiary/aromatic N) is 3. The van der Waals surface area contributed by atoms with Gasteiger partial charge in [0.2, 0.25) is 5.95 Å². The fourth-order valence-electron chi connectivity index (χ4n) is 4.56. The minimum atomic E-state index is -0.594. The first-order valence-electron chi connectivity index (χ1n) is 12.0. The van der Waals surface area contributed by atoms with Crippen molar-refractivity contribution in [3.63, 3.8) is 0 Å². The zero-order chi connectivity index (χ0) is 23.4. The van der Waals surface area contributed by atoms with Crippen LogP contribution in [0.15, 0.2) is 30.6 Å². The van der Waals surface area contributed by atoms with Crippen LogP contribution in [0.1, 0.15) is 64.0 Å². The van der Waals surface area contributed by atoms with E-state index in [0.29, 0.717) is 18.2 Å². The lowest BCUT2D eigenvalue weighted by Crippen LogP contribution is -2.35. The Morgan fingerprint density at radius 2 is 1.79 bits per heavy atom. The number of aromatic nitrogens is 2. The summed E-state index contributed by atoms with van der Waals surface area (Å²) < 4.78 is 34.9. The molecular formula is C26H34F2N4O. The Kier molecular flexibility index (Phi) is 7.15. The van der Waals surface area contributed by atoms with E-state index in [1.807, 2.05) is 32.3 Å². The van der Waals surface area contributed by atoms with Gasteiger partial charge in [0.1, 0.15) is 17.4 Å². The zero-order valence-corrected chi connectivity index (χ0v) is 19.8. The Labute approximate surface area is 195 Å². The van der Waals surface area contributed by atoms with Gasteiger partial charge in [-0.05, 0) is 63.9 Å². The smallest absolute Gasteiger partial charge is 0.225 e. The first-order valence-corrected chi connectivity index (χ1v) is 12.0. The van der Waals surface area contributed by atoms with E-state index in [9.17, 15) is 8.78 Å². The maximum atomic E-state index is 14.6. The van der Waals surface area contributed by atoms with Crippen molar-refractivity contribution in [1.82, 2.24) is 15.3 Å². The van der Waals surface area contributed by atoms with E-state index in [2.05, 4.69) is 27.1 Å². The molecule has 1 fully saturated rings. The molecule has 0 radical (unpaired) electrons. The third-order valence-corrected chi connectivity index (χ3v) is 6.60. The second-order valence-corrected chi connectivity index (χ2v) is 9.76. The molecule has 1 aromatic carbocycles. The van der Waals surface area contributed by atoms with Crippen LogP contribution in [-0.4, -0.2) is 35.2 Å². The van der Waals surface area contributed by atoms with Gasteiger partial charge in [-0.1, -0.05) is 13.0 Å². The molecule has 0 bridgehead atoms. The summed E-state index contributed by atoms with van der Waals surface area (Å²) in [6.45, 7) is 8.47. The highest BCUT2D eigenvalue weighted by atomic mass is 19.1. The molecule has 4 rings (SSSR count). The van der Waals surface area contributed by atoms with Crippen molar-refractivity contribution in [1.29, 1.82) is 0 Å². The Balaban J connectivity index is 1.21. The maximum Gasteiger partial charge on any atom is 0.225 e. The van der Waals surface area contributed by atoms with Crippen molar-refractivity contribution in [3.05, 3.63) is 53.4 Å². The normalized spacial score (nSPS) is 18.2. The van der Waals surface area contributed by atoms with Crippen molar-refractivity contribution in [2.75, 3.05) is 24.6 Å². The SMILES string of the molecule is CCc1cnc(N2CCC(CCCOc3cc(F)c(C4=CCC(C)(C)N4)c(F)c3)CC2)nc1. The molecule has 2 aliphatic heterocycles. The van der Waals surface area contributed by atoms with Gasteiger partial charge in [0.25, 0.3) is 0 Å². The van der Waals surface area contributed by atoms with Crippen LogP contribution < -0.4 is 15.0 Å². The highest BCUT2D eigenvalue weighted by Gasteiger charge is 2.27. The first kappa shape index (κ1) is 23.5. The van der Waals surface area contributed by atoms with Crippen LogP contribution in [0.2, 0.25) is 0 Å². The largest absolute Gasteiger partial charge is 0.493 e. The van der Waals surface area contributed by atoms with Crippen molar-refractivity contribution in [2.24, 2.45) is 5.92 Å². The molecule has 178 valence electrons. The summed E-state index contributed by atoms with van der Waals surface area (Å²) in [4.78, 5) is 11.2. The lowest BCUT2D eigenvalue weighted by Gasteiger charge is -2.32. The number of nitrogens with one attached hydrogen (secondary N) is 1. The first-order chi connectivity index (χ1) is 15.8. The van der Waals surface area contributed by atoms with Crippen LogP contribution >= 0.6 is 0 Å². The van der Waals surface area contributed by atoms with Crippen molar-refractivity contribution in [3.8, 4) is 5.75 Å².